The smallest absolute Gasteiger partial charge is 0.341 e. The van der Waals surface area contributed by atoms with Crippen molar-refractivity contribution < 1.29 is 72.0 Å². The highest BCUT2D eigenvalue weighted by atomic mass is 16.5. The van der Waals surface area contributed by atoms with E-state index in [-0.39, 0.29) is 107 Å². The van der Waals surface area contributed by atoms with E-state index < -0.39 is 96.0 Å². The van der Waals surface area contributed by atoms with Crippen molar-refractivity contribution in [1.82, 2.24) is 26.3 Å². The van der Waals surface area contributed by atoms with Crippen molar-refractivity contribution in [1.29, 1.82) is 0 Å². The van der Waals surface area contributed by atoms with Crippen LogP contribution in [-0.2, 0) is 35.2 Å². The van der Waals surface area contributed by atoms with Gasteiger partial charge in [-0.15, -0.1) is 0 Å². The van der Waals surface area contributed by atoms with Gasteiger partial charge in [0.05, 0.1) is 49.6 Å². The number of para-hydroxylation sites is 1. The number of hydrogen-bond donors (Lipinski definition) is 16. The maximum absolute atomic E-state index is 14.5. The molecule has 6 aromatic rings. The molecule has 5 aromatic carbocycles. The van der Waals surface area contributed by atoms with Crippen LogP contribution in [0.5, 0.6) is 23.0 Å². The van der Waals surface area contributed by atoms with Crippen LogP contribution in [0.3, 0.4) is 0 Å². The van der Waals surface area contributed by atoms with E-state index in [2.05, 4.69) is 47.5 Å². The maximum atomic E-state index is 14.5. The molecule has 30 nitrogen and oxygen atoms in total. The molecule has 30 heteroatoms. The maximum Gasteiger partial charge on any atom is 0.341 e. The first-order valence-corrected chi connectivity index (χ1v) is 32.6. The largest absolute Gasteiger partial charge is 0.496 e. The summed E-state index contributed by atoms with van der Waals surface area (Å²) in [5, 5.41) is 32.3. The predicted molar refractivity (Wildman–Crippen MR) is 374 cm³/mol. The molecule has 532 valence electrons. The normalized spacial score (nSPS) is 12.5. The van der Waals surface area contributed by atoms with Crippen LogP contribution < -0.4 is 95.9 Å². The summed E-state index contributed by atoms with van der Waals surface area (Å²) in [5.41, 5.74) is 36.5. The van der Waals surface area contributed by atoms with Gasteiger partial charge in [0.2, 0.25) is 29.5 Å². The number of anilines is 4. The van der Waals surface area contributed by atoms with E-state index in [1.165, 1.54) is 88.1 Å². The number of amides is 9. The lowest BCUT2D eigenvalue weighted by Gasteiger charge is -2.22. The molecule has 0 saturated heterocycles. The Morgan fingerprint density at radius 1 is 0.444 bits per heavy atom. The number of fused-ring (bicyclic) bond motifs is 1. The minimum absolute atomic E-state index is 0.00997. The van der Waals surface area contributed by atoms with E-state index in [1.54, 1.807) is 12.3 Å². The van der Waals surface area contributed by atoms with Gasteiger partial charge < -0.3 is 106 Å². The van der Waals surface area contributed by atoms with Crippen LogP contribution in [0.1, 0.15) is 130 Å². The predicted octanol–water partition coefficient (Wildman–Crippen LogP) is 3.87. The topological polar surface area (TPSA) is 496 Å². The van der Waals surface area contributed by atoms with Crippen molar-refractivity contribution in [2.24, 2.45) is 34.4 Å². The number of carbonyl (C=O) groups is 10. The van der Waals surface area contributed by atoms with Gasteiger partial charge in [-0.1, -0.05) is 31.0 Å². The first-order valence-electron chi connectivity index (χ1n) is 32.6. The molecule has 0 spiro atoms. The fraction of sp³-hybridized carbons (Fsp3) is 0.391. The molecule has 0 saturated carbocycles. The number of H-pyrrole nitrogens is 1. The van der Waals surface area contributed by atoms with Crippen molar-refractivity contribution in [2.45, 2.75) is 120 Å². The summed E-state index contributed by atoms with van der Waals surface area (Å²) in [5.74, 6) is -7.95. The molecule has 6 rings (SSSR count). The monoisotopic (exact) mass is 1370 g/mol. The van der Waals surface area contributed by atoms with Crippen LogP contribution in [0.25, 0.3) is 10.9 Å². The zero-order valence-electron chi connectivity index (χ0n) is 55.8. The molecule has 9 amide bonds. The van der Waals surface area contributed by atoms with Gasteiger partial charge in [-0.3, -0.25) is 43.2 Å². The molecule has 0 bridgehead atoms. The number of aliphatic carboxylic acids is 1. The molecule has 0 aliphatic rings. The lowest BCUT2D eigenvalue weighted by molar-refractivity contribution is -0.139. The highest BCUT2D eigenvalue weighted by Crippen LogP contribution is 2.29. The van der Waals surface area contributed by atoms with Crippen LogP contribution in [0.4, 0.5) is 22.7 Å². The second-order valence-electron chi connectivity index (χ2n) is 23.3. The molecule has 0 unspecified atom stereocenters. The summed E-state index contributed by atoms with van der Waals surface area (Å²) in [7, 11) is 4.01. The minimum atomic E-state index is -1.38. The Bertz CT molecular complexity index is 3790. The first-order chi connectivity index (χ1) is 47.6. The van der Waals surface area contributed by atoms with E-state index >= 15 is 0 Å². The number of primary amides is 1. The zero-order chi connectivity index (χ0) is 72.0. The Hall–Kier alpha value is -10.7. The average molecular weight is 1370 g/mol. The van der Waals surface area contributed by atoms with Crippen molar-refractivity contribution in [3.05, 3.63) is 131 Å². The third-order valence-electron chi connectivity index (χ3n) is 16.0. The Balaban J connectivity index is 1.19. The third-order valence-corrected chi connectivity index (χ3v) is 16.0. The van der Waals surface area contributed by atoms with Gasteiger partial charge in [0.1, 0.15) is 47.2 Å². The molecule has 5 atom stereocenters. The molecule has 0 fully saturated rings. The van der Waals surface area contributed by atoms with E-state index in [1.807, 2.05) is 24.3 Å². The van der Waals surface area contributed by atoms with Crippen molar-refractivity contribution >= 4 is 92.8 Å². The average Bonchev–Trinajstić information content (AvgIpc) is 1.60. The van der Waals surface area contributed by atoms with Crippen molar-refractivity contribution in [3.8, 4) is 23.0 Å². The van der Waals surface area contributed by atoms with Crippen LogP contribution in [0.2, 0.25) is 0 Å². The molecular weight excluding hydrogens is 1280 g/mol. The van der Waals surface area contributed by atoms with Crippen LogP contribution in [-0.4, -0.2) is 154 Å². The molecule has 99 heavy (non-hydrogen) atoms. The van der Waals surface area contributed by atoms with Crippen LogP contribution >= 0.6 is 0 Å². The van der Waals surface area contributed by atoms with Gasteiger partial charge in [-0.2, -0.15) is 0 Å². The number of carboxylic acids is 1. The number of aromatic nitrogens is 1. The molecular formula is C69H91N15O15. The molecule has 0 aliphatic carbocycles. The quantitative estimate of drug-likeness (QED) is 0.0242. The standard InChI is InChI=1S/C69H91N15O15/c1-96-56-25-21-41(77-66(92)50(74)16-5-4-11-29-70)34-46(56)62(88)81-52(18-8-12-30-71)67(93)78-42-22-26-57(97-2)47(35-42)63(89)82-53(19-9-13-31-72)68(94)80-44-24-28-59(99-39-60(85)86)49(37-44)65(91)83-54(20-10-14-32-73)69(95)79-43-23-27-58(98-3)48(36-43)64(90)84-55(61(75)87)33-40-38-76-51-17-7-6-15-45(40)51/h6-7,15,17,21-28,34-38,50,52-55,76H,4-5,8-14,16,18-20,29-33,39,70-74H2,1-3H3,(H2,75,87)(H,77,92)(H,78,93)(H,79,95)(H,80,94)(H,81,88)(H,82,89)(H,83,91)(H,84,90)(H,85,86)/t50-,52-,53-,54-,55-/m0/s1. The van der Waals surface area contributed by atoms with Gasteiger partial charge in [-0.05, 0) is 181 Å². The van der Waals surface area contributed by atoms with Gasteiger partial charge in [0, 0.05) is 46.3 Å². The molecule has 1 aromatic heterocycles. The van der Waals surface area contributed by atoms with Gasteiger partial charge in [0.15, 0.2) is 6.61 Å². The summed E-state index contributed by atoms with van der Waals surface area (Å²) < 4.78 is 22.0. The van der Waals surface area contributed by atoms with Crippen molar-refractivity contribution in [2.75, 3.05) is 75.4 Å². The summed E-state index contributed by atoms with van der Waals surface area (Å²) in [6.45, 7) is 0.450. The number of aromatic amines is 1. The Morgan fingerprint density at radius 2 is 0.798 bits per heavy atom. The number of carbonyl (C=O) groups excluding carboxylic acids is 9. The number of methoxy groups -OCH3 is 3. The fourth-order valence-electron chi connectivity index (χ4n) is 10.7. The van der Waals surface area contributed by atoms with Gasteiger partial charge in [0.25, 0.3) is 23.6 Å². The summed E-state index contributed by atoms with van der Waals surface area (Å²) >= 11 is 0. The second-order valence-corrected chi connectivity index (χ2v) is 23.3. The van der Waals surface area contributed by atoms with Crippen molar-refractivity contribution in [3.63, 3.8) is 0 Å². The zero-order valence-corrected chi connectivity index (χ0v) is 55.8. The summed E-state index contributed by atoms with van der Waals surface area (Å²) in [6.07, 6.45) is 7.29. The second kappa shape index (κ2) is 39.5. The summed E-state index contributed by atoms with van der Waals surface area (Å²) in [6, 6.07) is 18.4. The van der Waals surface area contributed by atoms with Crippen LogP contribution in [0, 0.1) is 0 Å². The molecule has 1 heterocycles. The Labute approximate surface area is 572 Å². The van der Waals surface area contributed by atoms with E-state index in [0.29, 0.717) is 64.5 Å². The highest BCUT2D eigenvalue weighted by Gasteiger charge is 2.30. The minimum Gasteiger partial charge on any atom is -0.496 e. The number of unbranched alkanes of at least 4 members (excludes halogenated alkanes) is 5. The number of ether oxygens (including phenoxy) is 4. The Kier molecular flexibility index (Phi) is 30.9. The molecule has 0 aliphatic heterocycles. The lowest BCUT2D eigenvalue weighted by atomic mass is 10.0. The molecule has 0 radical (unpaired) electrons. The number of hydrogen-bond acceptors (Lipinski definition) is 19. The third kappa shape index (κ3) is 23.3. The number of benzene rings is 5. The SMILES string of the molecule is COc1ccc(NC(=O)[C@H](CCCCN)NC(=O)c2cc(NC(=O)[C@H](CCCCN)NC(=O)c3cc(NC(=O)[C@H](CCCCN)NC(=O)c4cc(NC(=O)[C@@H](N)CCCCCN)ccc4OC)ccc3OC)ccc2OCC(=O)O)cc1C(=O)N[C@@H](Cc1c[nH]c2ccccc12)C(N)=O. The molecule has 22 N–H and O–H groups in total. The highest BCUT2D eigenvalue weighted by molar-refractivity contribution is 6.08. The van der Waals surface area contributed by atoms with Gasteiger partial charge >= 0.3 is 5.97 Å². The van der Waals surface area contributed by atoms with Gasteiger partial charge in [-0.25, -0.2) is 4.79 Å². The number of rotatable bonds is 42. The van der Waals surface area contributed by atoms with Crippen LogP contribution in [0.15, 0.2) is 103 Å². The number of nitrogens with one attached hydrogen (secondary N) is 9. The van der Waals surface area contributed by atoms with E-state index in [4.69, 9.17) is 53.3 Å². The Morgan fingerprint density at radius 3 is 1.18 bits per heavy atom. The number of carboxylic acid groups (broad SMARTS) is 1. The first kappa shape index (κ1) is 77.3. The fourth-order valence-corrected chi connectivity index (χ4v) is 10.7. The lowest BCUT2D eigenvalue weighted by Crippen LogP contribution is -2.46. The number of nitrogens with two attached hydrogens (primary N) is 6. The van der Waals surface area contributed by atoms with E-state index in [9.17, 15) is 53.1 Å². The summed E-state index contributed by atoms with van der Waals surface area (Å²) in [4.78, 5) is 140. The van der Waals surface area contributed by atoms with E-state index in [0.717, 1.165) is 29.3 Å².